The van der Waals surface area contributed by atoms with Crippen molar-refractivity contribution in [3.05, 3.63) is 12.7 Å². The predicted octanol–water partition coefficient (Wildman–Crippen LogP) is 1.86. The van der Waals surface area contributed by atoms with Crippen molar-refractivity contribution in [1.82, 2.24) is 0 Å². The Morgan fingerprint density at radius 1 is 1.17 bits per heavy atom. The molecular formula is C10H20O2. The van der Waals surface area contributed by atoms with Gasteiger partial charge < -0.3 is 10.2 Å². The van der Waals surface area contributed by atoms with E-state index in [0.29, 0.717) is 12.8 Å². The fourth-order valence-corrected chi connectivity index (χ4v) is 0.981. The van der Waals surface area contributed by atoms with Crippen LogP contribution in [-0.4, -0.2) is 21.4 Å². The molecule has 2 heteroatoms. The van der Waals surface area contributed by atoms with Crippen LogP contribution in [0.5, 0.6) is 0 Å². The van der Waals surface area contributed by atoms with E-state index < -0.39 is 11.2 Å². The summed E-state index contributed by atoms with van der Waals surface area (Å²) in [6.07, 6.45) is 3.71. The van der Waals surface area contributed by atoms with Gasteiger partial charge in [-0.25, -0.2) is 0 Å². The van der Waals surface area contributed by atoms with Gasteiger partial charge in [0, 0.05) is 0 Å². The molecule has 12 heavy (non-hydrogen) atoms. The van der Waals surface area contributed by atoms with E-state index in [2.05, 4.69) is 6.58 Å². The van der Waals surface area contributed by atoms with Crippen molar-refractivity contribution in [1.29, 1.82) is 0 Å². The average molecular weight is 172 g/mol. The minimum atomic E-state index is -0.786. The van der Waals surface area contributed by atoms with Gasteiger partial charge in [-0.1, -0.05) is 6.08 Å². The van der Waals surface area contributed by atoms with Crippen molar-refractivity contribution >= 4 is 0 Å². The largest absolute Gasteiger partial charge is 0.390 e. The molecule has 0 rings (SSSR count). The summed E-state index contributed by atoms with van der Waals surface area (Å²) in [4.78, 5) is 0. The first-order valence-electron chi connectivity index (χ1n) is 4.35. The zero-order valence-electron chi connectivity index (χ0n) is 8.30. The molecule has 0 fully saturated rings. The van der Waals surface area contributed by atoms with Crippen LogP contribution in [-0.2, 0) is 0 Å². The van der Waals surface area contributed by atoms with Crippen LogP contribution in [0.15, 0.2) is 12.7 Å². The van der Waals surface area contributed by atoms with E-state index in [1.54, 1.807) is 20.8 Å². The Morgan fingerprint density at radius 3 is 2.00 bits per heavy atom. The summed E-state index contributed by atoms with van der Waals surface area (Å²) in [5.74, 6) is 0. The van der Waals surface area contributed by atoms with Crippen LogP contribution in [0.3, 0.4) is 0 Å². The Labute approximate surface area is 74.9 Å². The molecule has 0 aromatic heterocycles. The summed E-state index contributed by atoms with van der Waals surface area (Å²) in [5.41, 5.74) is -1.41. The van der Waals surface area contributed by atoms with E-state index >= 15 is 0 Å². The number of hydrogen-bond acceptors (Lipinski definition) is 2. The Hall–Kier alpha value is -0.340. The highest BCUT2D eigenvalue weighted by Gasteiger charge is 2.18. The van der Waals surface area contributed by atoms with Gasteiger partial charge in [0.2, 0.25) is 0 Å². The SMILES string of the molecule is C=C[C@@](C)(O)CCCC(C)(C)O. The molecule has 72 valence electrons. The molecule has 0 aliphatic carbocycles. The minimum absolute atomic E-state index is 0.628. The molecular weight excluding hydrogens is 152 g/mol. The molecule has 0 amide bonds. The van der Waals surface area contributed by atoms with Crippen molar-refractivity contribution in [2.45, 2.75) is 51.2 Å². The van der Waals surface area contributed by atoms with Crippen molar-refractivity contribution < 1.29 is 10.2 Å². The summed E-state index contributed by atoms with van der Waals surface area (Å²) >= 11 is 0. The first-order valence-corrected chi connectivity index (χ1v) is 4.35. The maximum Gasteiger partial charge on any atom is 0.0797 e. The van der Waals surface area contributed by atoms with Crippen LogP contribution in [0.2, 0.25) is 0 Å². The van der Waals surface area contributed by atoms with Crippen LogP contribution >= 0.6 is 0 Å². The highest BCUT2D eigenvalue weighted by Crippen LogP contribution is 2.18. The van der Waals surface area contributed by atoms with Gasteiger partial charge in [0.25, 0.3) is 0 Å². The van der Waals surface area contributed by atoms with E-state index in [-0.39, 0.29) is 0 Å². The van der Waals surface area contributed by atoms with Crippen molar-refractivity contribution in [2.24, 2.45) is 0 Å². The zero-order chi connectivity index (χ0) is 9.83. The third kappa shape index (κ3) is 6.38. The Morgan fingerprint density at radius 2 is 1.67 bits per heavy atom. The first-order chi connectivity index (χ1) is 5.27. The summed E-state index contributed by atoms with van der Waals surface area (Å²) in [6, 6.07) is 0. The maximum atomic E-state index is 9.52. The number of hydrogen-bond donors (Lipinski definition) is 2. The van der Waals surface area contributed by atoms with Crippen LogP contribution in [0.4, 0.5) is 0 Å². The summed E-state index contributed by atoms with van der Waals surface area (Å²) in [6.45, 7) is 8.81. The van der Waals surface area contributed by atoms with Gasteiger partial charge in [0.15, 0.2) is 0 Å². The summed E-state index contributed by atoms with van der Waals surface area (Å²) in [5, 5.41) is 18.9. The second kappa shape index (κ2) is 4.06. The van der Waals surface area contributed by atoms with Crippen molar-refractivity contribution in [3.8, 4) is 0 Å². The molecule has 2 N–H and O–H groups in total. The van der Waals surface area contributed by atoms with Crippen molar-refractivity contribution in [3.63, 3.8) is 0 Å². The van der Waals surface area contributed by atoms with Crippen molar-refractivity contribution in [2.75, 3.05) is 0 Å². The van der Waals surface area contributed by atoms with Gasteiger partial charge in [-0.15, -0.1) is 6.58 Å². The number of rotatable bonds is 5. The predicted molar refractivity (Wildman–Crippen MR) is 51.0 cm³/mol. The Balaban J connectivity index is 3.64. The van der Waals surface area contributed by atoms with Gasteiger partial charge >= 0.3 is 0 Å². The topological polar surface area (TPSA) is 40.5 Å². The van der Waals surface area contributed by atoms with Gasteiger partial charge in [0.05, 0.1) is 11.2 Å². The van der Waals surface area contributed by atoms with Gasteiger partial charge in [-0.05, 0) is 40.0 Å². The third-order valence-corrected chi connectivity index (χ3v) is 1.91. The molecule has 0 heterocycles. The molecule has 0 saturated heterocycles. The summed E-state index contributed by atoms with van der Waals surface area (Å²) < 4.78 is 0. The minimum Gasteiger partial charge on any atom is -0.390 e. The molecule has 0 bridgehead atoms. The van der Waals surface area contributed by atoms with Crippen LogP contribution in [0.1, 0.15) is 40.0 Å². The van der Waals surface area contributed by atoms with E-state index in [4.69, 9.17) is 0 Å². The van der Waals surface area contributed by atoms with Gasteiger partial charge in [0.1, 0.15) is 0 Å². The third-order valence-electron chi connectivity index (χ3n) is 1.91. The molecule has 0 aromatic carbocycles. The lowest BCUT2D eigenvalue weighted by Crippen LogP contribution is -2.23. The highest BCUT2D eigenvalue weighted by molar-refractivity contribution is 4.91. The second-order valence-corrected chi connectivity index (χ2v) is 4.23. The first kappa shape index (κ1) is 11.7. The standard InChI is InChI=1S/C10H20O2/c1-5-10(4,12)8-6-7-9(2,3)11/h5,11-12H,1,6-8H2,2-4H3/t10-/m1/s1. The molecule has 0 saturated carbocycles. The fraction of sp³-hybridized carbons (Fsp3) is 0.800. The molecule has 0 radical (unpaired) electrons. The Bertz CT molecular complexity index is 142. The van der Waals surface area contributed by atoms with E-state index in [9.17, 15) is 10.2 Å². The molecule has 0 aliphatic heterocycles. The highest BCUT2D eigenvalue weighted by atomic mass is 16.3. The normalized spacial score (nSPS) is 17.1. The Kier molecular flexibility index (Phi) is 3.94. The van der Waals surface area contributed by atoms with Crippen LogP contribution in [0, 0.1) is 0 Å². The zero-order valence-corrected chi connectivity index (χ0v) is 8.30. The molecule has 0 spiro atoms. The second-order valence-electron chi connectivity index (χ2n) is 4.23. The van der Waals surface area contributed by atoms with Crippen LogP contribution in [0.25, 0.3) is 0 Å². The maximum absolute atomic E-state index is 9.52. The molecule has 0 aliphatic rings. The fourth-order valence-electron chi connectivity index (χ4n) is 0.981. The van der Waals surface area contributed by atoms with E-state index in [1.807, 2.05) is 0 Å². The van der Waals surface area contributed by atoms with Gasteiger partial charge in [-0.2, -0.15) is 0 Å². The molecule has 0 aromatic rings. The van der Waals surface area contributed by atoms with Gasteiger partial charge in [-0.3, -0.25) is 0 Å². The lowest BCUT2D eigenvalue weighted by molar-refractivity contribution is 0.0526. The lowest BCUT2D eigenvalue weighted by Gasteiger charge is -2.21. The summed E-state index contributed by atoms with van der Waals surface area (Å²) in [7, 11) is 0. The molecule has 0 unspecified atom stereocenters. The van der Waals surface area contributed by atoms with E-state index in [0.717, 1.165) is 6.42 Å². The molecule has 1 atom stereocenters. The number of aliphatic hydroxyl groups is 2. The molecule has 2 nitrogen and oxygen atoms in total. The quantitative estimate of drug-likeness (QED) is 0.621. The smallest absolute Gasteiger partial charge is 0.0797 e. The van der Waals surface area contributed by atoms with Crippen LogP contribution < -0.4 is 0 Å². The lowest BCUT2D eigenvalue weighted by atomic mass is 9.94. The average Bonchev–Trinajstić information content (AvgIpc) is 1.84. The van der Waals surface area contributed by atoms with E-state index in [1.165, 1.54) is 6.08 Å². The monoisotopic (exact) mass is 172 g/mol.